The Morgan fingerprint density at radius 2 is 1.77 bits per heavy atom. The zero-order valence-electron chi connectivity index (χ0n) is 14.9. The van der Waals surface area contributed by atoms with Gasteiger partial charge in [-0.1, -0.05) is 42.5 Å². The van der Waals surface area contributed by atoms with E-state index in [0.29, 0.717) is 18.7 Å². The Hall–Kier alpha value is -2.84. The van der Waals surface area contributed by atoms with Crippen LogP contribution in [0, 0.1) is 11.3 Å². The van der Waals surface area contributed by atoms with Crippen LogP contribution in [0.5, 0.6) is 0 Å². The summed E-state index contributed by atoms with van der Waals surface area (Å²) >= 11 is 0. The molecule has 0 saturated carbocycles. The third kappa shape index (κ3) is 4.84. The number of anilines is 1. The van der Waals surface area contributed by atoms with Crippen LogP contribution in [-0.2, 0) is 11.3 Å². The maximum absolute atomic E-state index is 12.2. The Balaban J connectivity index is 1.51. The molecule has 1 saturated heterocycles. The highest BCUT2D eigenvalue weighted by Crippen LogP contribution is 2.21. The molecule has 1 amide bonds. The normalized spacial score (nSPS) is 15.1. The lowest BCUT2D eigenvalue weighted by molar-refractivity contribution is -0.122. The molecule has 1 N–H and O–H groups in total. The predicted octanol–water partition coefficient (Wildman–Crippen LogP) is 2.39. The molecule has 0 spiro atoms. The van der Waals surface area contributed by atoms with Crippen LogP contribution in [0.2, 0.25) is 0 Å². The minimum atomic E-state index is 0.0553. The molecule has 134 valence electrons. The highest BCUT2D eigenvalue weighted by Gasteiger charge is 2.18. The highest BCUT2D eigenvalue weighted by molar-refractivity contribution is 5.78. The van der Waals surface area contributed by atoms with Crippen molar-refractivity contribution in [3.63, 3.8) is 0 Å². The lowest BCUT2D eigenvalue weighted by Gasteiger charge is -2.24. The van der Waals surface area contributed by atoms with Gasteiger partial charge >= 0.3 is 0 Å². The summed E-state index contributed by atoms with van der Waals surface area (Å²) in [7, 11) is 0. The second-order valence-electron chi connectivity index (χ2n) is 6.51. The molecule has 2 aromatic carbocycles. The molecule has 26 heavy (non-hydrogen) atoms. The van der Waals surface area contributed by atoms with Gasteiger partial charge in [0.05, 0.1) is 17.8 Å². The number of amides is 1. The van der Waals surface area contributed by atoms with Gasteiger partial charge in [-0.25, -0.2) is 0 Å². The summed E-state index contributed by atoms with van der Waals surface area (Å²) in [4.78, 5) is 16.7. The van der Waals surface area contributed by atoms with Gasteiger partial charge in [-0.05, 0) is 24.1 Å². The number of hydrogen-bond donors (Lipinski definition) is 1. The smallest absolute Gasteiger partial charge is 0.234 e. The topological polar surface area (TPSA) is 59.4 Å². The first-order chi connectivity index (χ1) is 12.8. The lowest BCUT2D eigenvalue weighted by atomic mass is 10.1. The maximum atomic E-state index is 12.2. The van der Waals surface area contributed by atoms with Crippen LogP contribution in [0.15, 0.2) is 54.6 Å². The third-order valence-electron chi connectivity index (χ3n) is 4.65. The van der Waals surface area contributed by atoms with E-state index in [1.165, 1.54) is 0 Å². The molecule has 1 heterocycles. The number of benzene rings is 2. The summed E-state index contributed by atoms with van der Waals surface area (Å²) in [5, 5.41) is 12.3. The Morgan fingerprint density at radius 1 is 1.00 bits per heavy atom. The Kier molecular flexibility index (Phi) is 6.24. The van der Waals surface area contributed by atoms with Crippen molar-refractivity contribution < 1.29 is 4.79 Å². The van der Waals surface area contributed by atoms with E-state index in [2.05, 4.69) is 21.2 Å². The van der Waals surface area contributed by atoms with Crippen LogP contribution >= 0.6 is 0 Å². The number of para-hydroxylation sites is 1. The number of nitrogens with one attached hydrogen (secondary N) is 1. The van der Waals surface area contributed by atoms with Gasteiger partial charge in [0.15, 0.2) is 0 Å². The minimum absolute atomic E-state index is 0.0553. The molecule has 1 aliphatic heterocycles. The predicted molar refractivity (Wildman–Crippen MR) is 103 cm³/mol. The van der Waals surface area contributed by atoms with Gasteiger partial charge < -0.3 is 10.2 Å². The second kappa shape index (κ2) is 9.02. The van der Waals surface area contributed by atoms with Crippen molar-refractivity contribution in [2.75, 3.05) is 37.6 Å². The SMILES string of the molecule is N#Cc1ccccc1N1CCCN(CC(=O)NCc2ccccc2)CC1. The molecule has 0 atom stereocenters. The van der Waals surface area contributed by atoms with E-state index >= 15 is 0 Å². The van der Waals surface area contributed by atoms with Gasteiger partial charge in [-0.2, -0.15) is 5.26 Å². The minimum Gasteiger partial charge on any atom is -0.369 e. The van der Waals surface area contributed by atoms with Gasteiger partial charge in [-0.15, -0.1) is 0 Å². The fraction of sp³-hybridized carbons (Fsp3) is 0.333. The van der Waals surface area contributed by atoms with Gasteiger partial charge in [-0.3, -0.25) is 9.69 Å². The van der Waals surface area contributed by atoms with Crippen LogP contribution < -0.4 is 10.2 Å². The van der Waals surface area contributed by atoms with Crippen molar-refractivity contribution in [3.05, 3.63) is 65.7 Å². The molecule has 1 aliphatic rings. The summed E-state index contributed by atoms with van der Waals surface area (Å²) in [6.07, 6.45) is 0.978. The number of carbonyl (C=O) groups excluding carboxylic acids is 1. The fourth-order valence-corrected chi connectivity index (χ4v) is 3.27. The van der Waals surface area contributed by atoms with Crippen molar-refractivity contribution in [1.82, 2.24) is 10.2 Å². The van der Waals surface area contributed by atoms with Crippen molar-refractivity contribution in [3.8, 4) is 6.07 Å². The van der Waals surface area contributed by atoms with Crippen molar-refractivity contribution in [2.24, 2.45) is 0 Å². The van der Waals surface area contributed by atoms with E-state index in [4.69, 9.17) is 0 Å². The summed E-state index contributed by atoms with van der Waals surface area (Å²) in [5.41, 5.74) is 2.81. The van der Waals surface area contributed by atoms with Gasteiger partial charge in [0, 0.05) is 32.7 Å². The van der Waals surface area contributed by atoms with Crippen LogP contribution in [0.4, 0.5) is 5.69 Å². The van der Waals surface area contributed by atoms with Crippen molar-refractivity contribution in [1.29, 1.82) is 5.26 Å². The zero-order valence-corrected chi connectivity index (χ0v) is 14.9. The molecule has 0 bridgehead atoms. The van der Waals surface area contributed by atoms with Crippen LogP contribution in [0.3, 0.4) is 0 Å². The summed E-state index contributed by atoms with van der Waals surface area (Å²) in [6, 6.07) is 19.9. The first-order valence-electron chi connectivity index (χ1n) is 9.03. The van der Waals surface area contributed by atoms with E-state index in [0.717, 1.165) is 43.9 Å². The number of hydrogen-bond acceptors (Lipinski definition) is 4. The monoisotopic (exact) mass is 348 g/mol. The first kappa shape index (κ1) is 18.0. The number of carbonyl (C=O) groups is 1. The highest BCUT2D eigenvalue weighted by atomic mass is 16.2. The first-order valence-corrected chi connectivity index (χ1v) is 9.03. The lowest BCUT2D eigenvalue weighted by Crippen LogP contribution is -2.39. The number of rotatable bonds is 5. The van der Waals surface area contributed by atoms with Gasteiger partial charge in [0.2, 0.25) is 5.91 Å². The molecule has 0 aromatic heterocycles. The molecule has 0 unspecified atom stereocenters. The van der Waals surface area contributed by atoms with Crippen LogP contribution in [0.25, 0.3) is 0 Å². The largest absolute Gasteiger partial charge is 0.369 e. The summed E-state index contributed by atoms with van der Waals surface area (Å²) in [5.74, 6) is 0.0553. The third-order valence-corrected chi connectivity index (χ3v) is 4.65. The van der Waals surface area contributed by atoms with Crippen molar-refractivity contribution >= 4 is 11.6 Å². The van der Waals surface area contributed by atoms with E-state index < -0.39 is 0 Å². The Labute approximate surface area is 154 Å². The van der Waals surface area contributed by atoms with E-state index in [-0.39, 0.29) is 5.91 Å². The average Bonchev–Trinajstić information content (AvgIpc) is 2.92. The molecule has 5 heteroatoms. The average molecular weight is 348 g/mol. The van der Waals surface area contributed by atoms with Crippen LogP contribution in [0.1, 0.15) is 17.5 Å². The van der Waals surface area contributed by atoms with Crippen LogP contribution in [-0.4, -0.2) is 43.5 Å². The zero-order chi connectivity index (χ0) is 18.2. The number of nitrogens with zero attached hydrogens (tertiary/aromatic N) is 3. The molecule has 0 radical (unpaired) electrons. The summed E-state index contributed by atoms with van der Waals surface area (Å²) < 4.78 is 0. The summed E-state index contributed by atoms with van der Waals surface area (Å²) in [6.45, 7) is 4.42. The molecule has 1 fully saturated rings. The quantitative estimate of drug-likeness (QED) is 0.901. The Morgan fingerprint density at radius 3 is 2.58 bits per heavy atom. The Bertz CT molecular complexity index is 769. The number of nitriles is 1. The maximum Gasteiger partial charge on any atom is 0.234 e. The molecular weight excluding hydrogens is 324 g/mol. The van der Waals surface area contributed by atoms with E-state index in [9.17, 15) is 10.1 Å². The van der Waals surface area contributed by atoms with E-state index in [1.54, 1.807) is 0 Å². The molecule has 0 aliphatic carbocycles. The van der Waals surface area contributed by atoms with E-state index in [1.807, 2.05) is 54.6 Å². The fourth-order valence-electron chi connectivity index (χ4n) is 3.27. The standard InChI is InChI=1S/C21H24N4O/c22-15-19-9-4-5-10-20(19)25-12-6-11-24(13-14-25)17-21(26)23-16-18-7-2-1-3-8-18/h1-5,7-10H,6,11-14,16-17H2,(H,23,26). The molecule has 3 rings (SSSR count). The van der Waals surface area contributed by atoms with Crippen molar-refractivity contribution in [2.45, 2.75) is 13.0 Å². The molecule has 2 aromatic rings. The van der Waals surface area contributed by atoms with Gasteiger partial charge in [0.1, 0.15) is 6.07 Å². The van der Waals surface area contributed by atoms with Gasteiger partial charge in [0.25, 0.3) is 0 Å². The second-order valence-corrected chi connectivity index (χ2v) is 6.51. The molecular formula is C21H24N4O. The molecule has 5 nitrogen and oxygen atoms in total.